The number of carbonyl (C=O) groups excluding carboxylic acids is 1. The lowest BCUT2D eigenvalue weighted by atomic mass is 10.1. The Morgan fingerprint density at radius 1 is 0.969 bits per heavy atom. The van der Waals surface area contributed by atoms with Gasteiger partial charge in [0.05, 0.1) is 17.7 Å². The first-order valence-electron chi connectivity index (χ1n) is 9.86. The number of aryl methyl sites for hydroxylation is 2. The second-order valence-corrected chi connectivity index (χ2v) is 8.94. The van der Waals surface area contributed by atoms with Gasteiger partial charge in [-0.05, 0) is 49.7 Å². The zero-order chi connectivity index (χ0) is 22.9. The van der Waals surface area contributed by atoms with Crippen LogP contribution in [0.5, 0.6) is 5.75 Å². The summed E-state index contributed by atoms with van der Waals surface area (Å²) in [4.78, 5) is 12.9. The Kier molecular flexibility index (Phi) is 5.63. The summed E-state index contributed by atoms with van der Waals surface area (Å²) < 4.78 is 39.6. The molecule has 0 radical (unpaired) electrons. The number of sulfonamides is 1. The maximum atomic E-state index is 13.1. The van der Waals surface area contributed by atoms with Crippen LogP contribution in [0.15, 0.2) is 76.0 Å². The number of ether oxygens (including phenoxy) is 1. The van der Waals surface area contributed by atoms with E-state index in [4.69, 9.17) is 9.15 Å². The maximum absolute atomic E-state index is 13.1. The van der Waals surface area contributed by atoms with Gasteiger partial charge in [-0.1, -0.05) is 36.4 Å². The third kappa shape index (κ3) is 4.04. The molecule has 0 spiro atoms. The molecule has 0 aliphatic rings. The van der Waals surface area contributed by atoms with Crippen LogP contribution < -0.4 is 14.8 Å². The van der Waals surface area contributed by atoms with Crippen molar-refractivity contribution in [3.63, 3.8) is 0 Å². The highest BCUT2D eigenvalue weighted by Gasteiger charge is 2.21. The molecular weight excluding hydrogens is 428 g/mol. The Morgan fingerprint density at radius 3 is 2.44 bits per heavy atom. The Bertz CT molecular complexity index is 1420. The van der Waals surface area contributed by atoms with E-state index in [2.05, 4.69) is 10.0 Å². The van der Waals surface area contributed by atoms with Gasteiger partial charge in [0.25, 0.3) is 15.9 Å². The monoisotopic (exact) mass is 450 g/mol. The molecule has 0 aliphatic carbocycles. The summed E-state index contributed by atoms with van der Waals surface area (Å²) in [5.74, 6) is 0.130. The number of nitrogens with one attached hydrogen (secondary N) is 2. The minimum absolute atomic E-state index is 0.0440. The minimum atomic E-state index is -3.93. The minimum Gasteiger partial charge on any atom is -0.495 e. The number of carbonyl (C=O) groups is 1. The van der Waals surface area contributed by atoms with Crippen LogP contribution >= 0.6 is 0 Å². The van der Waals surface area contributed by atoms with Crippen molar-refractivity contribution in [1.82, 2.24) is 0 Å². The summed E-state index contributed by atoms with van der Waals surface area (Å²) in [5, 5.41) is 3.59. The third-order valence-electron chi connectivity index (χ3n) is 5.14. The lowest BCUT2D eigenvalue weighted by molar-refractivity contribution is 0.0998. The van der Waals surface area contributed by atoms with E-state index >= 15 is 0 Å². The number of rotatable bonds is 6. The molecule has 1 amide bonds. The molecule has 0 saturated heterocycles. The number of para-hydroxylation sites is 3. The molecule has 4 aromatic rings. The molecule has 164 valence electrons. The van der Waals surface area contributed by atoms with Crippen molar-refractivity contribution in [2.45, 2.75) is 18.7 Å². The highest BCUT2D eigenvalue weighted by Crippen LogP contribution is 2.29. The van der Waals surface area contributed by atoms with Crippen LogP contribution in [0.4, 0.5) is 11.4 Å². The van der Waals surface area contributed by atoms with Gasteiger partial charge in [0.1, 0.15) is 11.3 Å². The first-order chi connectivity index (χ1) is 15.3. The van der Waals surface area contributed by atoms with Crippen LogP contribution in [0.25, 0.3) is 11.0 Å². The summed E-state index contributed by atoms with van der Waals surface area (Å²) in [7, 11) is -2.47. The van der Waals surface area contributed by atoms with Crippen LogP contribution in [-0.4, -0.2) is 21.4 Å². The number of methoxy groups -OCH3 is 1. The highest BCUT2D eigenvalue weighted by molar-refractivity contribution is 7.92. The Balaban J connectivity index is 1.63. The zero-order valence-corrected chi connectivity index (χ0v) is 18.6. The largest absolute Gasteiger partial charge is 0.495 e. The van der Waals surface area contributed by atoms with Crippen LogP contribution in [0.3, 0.4) is 0 Å². The SMILES string of the molecule is COc1ccccc1NS(=O)(=O)c1cc(NC(=O)c2oc3ccccc3c2C)ccc1C. The van der Waals surface area contributed by atoms with Crippen molar-refractivity contribution >= 4 is 38.3 Å². The van der Waals surface area contributed by atoms with Gasteiger partial charge >= 0.3 is 0 Å². The number of anilines is 2. The lowest BCUT2D eigenvalue weighted by Gasteiger charge is -2.14. The van der Waals surface area contributed by atoms with Crippen molar-refractivity contribution in [3.8, 4) is 5.75 Å². The van der Waals surface area contributed by atoms with Crippen LogP contribution in [-0.2, 0) is 10.0 Å². The molecule has 0 saturated carbocycles. The van der Waals surface area contributed by atoms with Crippen molar-refractivity contribution in [3.05, 3.63) is 83.6 Å². The van der Waals surface area contributed by atoms with Gasteiger partial charge in [-0.15, -0.1) is 0 Å². The molecule has 7 nitrogen and oxygen atoms in total. The lowest BCUT2D eigenvalue weighted by Crippen LogP contribution is -2.16. The topological polar surface area (TPSA) is 97.6 Å². The van der Waals surface area contributed by atoms with E-state index in [1.54, 1.807) is 49.4 Å². The van der Waals surface area contributed by atoms with Crippen LogP contribution in [0, 0.1) is 13.8 Å². The molecule has 4 rings (SSSR count). The Hall–Kier alpha value is -3.78. The van der Waals surface area contributed by atoms with Crippen LogP contribution in [0.2, 0.25) is 0 Å². The summed E-state index contributed by atoms with van der Waals surface area (Å²) in [6.07, 6.45) is 0. The number of hydrogen-bond donors (Lipinski definition) is 2. The number of hydrogen-bond acceptors (Lipinski definition) is 5. The standard InChI is InChI=1S/C24H22N2O5S/c1-15-12-13-17(25-24(27)23-16(2)18-8-4-6-10-20(18)31-23)14-22(15)32(28,29)26-19-9-5-7-11-21(19)30-3/h4-14,26H,1-3H3,(H,25,27). The molecule has 8 heteroatoms. The predicted octanol–water partition coefficient (Wildman–Crippen LogP) is 5.11. The van der Waals surface area contributed by atoms with E-state index in [9.17, 15) is 13.2 Å². The quantitative estimate of drug-likeness (QED) is 0.425. The normalized spacial score (nSPS) is 11.3. The molecule has 1 heterocycles. The Labute approximate surface area is 186 Å². The van der Waals surface area contributed by atoms with E-state index in [1.165, 1.54) is 13.2 Å². The first-order valence-corrected chi connectivity index (χ1v) is 11.3. The summed E-state index contributed by atoms with van der Waals surface area (Å²) in [6.45, 7) is 3.49. The molecular formula is C24H22N2O5S. The molecule has 0 fully saturated rings. The van der Waals surface area contributed by atoms with E-state index in [1.807, 2.05) is 25.1 Å². The number of benzene rings is 3. The van der Waals surface area contributed by atoms with E-state index in [-0.39, 0.29) is 10.7 Å². The van der Waals surface area contributed by atoms with Gasteiger partial charge in [0, 0.05) is 16.6 Å². The second kappa shape index (κ2) is 8.39. The van der Waals surface area contributed by atoms with Gasteiger partial charge in [-0.2, -0.15) is 0 Å². The van der Waals surface area contributed by atoms with Crippen molar-refractivity contribution in [1.29, 1.82) is 0 Å². The second-order valence-electron chi connectivity index (χ2n) is 7.29. The smallest absolute Gasteiger partial charge is 0.291 e. The fourth-order valence-corrected chi connectivity index (χ4v) is 4.82. The van der Waals surface area contributed by atoms with Crippen molar-refractivity contribution in [2.24, 2.45) is 0 Å². The Morgan fingerprint density at radius 2 is 1.69 bits per heavy atom. The van der Waals surface area contributed by atoms with Gasteiger partial charge in [0.2, 0.25) is 0 Å². The molecule has 3 aromatic carbocycles. The van der Waals surface area contributed by atoms with Crippen molar-refractivity contribution in [2.75, 3.05) is 17.1 Å². The third-order valence-corrected chi connectivity index (χ3v) is 6.64. The van der Waals surface area contributed by atoms with Gasteiger partial charge in [0.15, 0.2) is 5.76 Å². The predicted molar refractivity (Wildman–Crippen MR) is 124 cm³/mol. The number of furan rings is 1. The molecule has 32 heavy (non-hydrogen) atoms. The van der Waals surface area contributed by atoms with Gasteiger partial charge in [-0.3, -0.25) is 9.52 Å². The molecule has 0 unspecified atom stereocenters. The first kappa shape index (κ1) is 21.5. The van der Waals surface area contributed by atoms with Crippen molar-refractivity contribution < 1.29 is 22.4 Å². The molecule has 0 atom stereocenters. The average Bonchev–Trinajstić information content (AvgIpc) is 3.12. The average molecular weight is 451 g/mol. The number of fused-ring (bicyclic) bond motifs is 1. The molecule has 0 bridgehead atoms. The molecule has 2 N–H and O–H groups in total. The van der Waals surface area contributed by atoms with E-state index in [0.717, 1.165) is 10.9 Å². The molecule has 0 aliphatic heterocycles. The summed E-state index contributed by atoms with van der Waals surface area (Å²) in [6, 6.07) is 18.8. The van der Waals surface area contributed by atoms with Gasteiger partial charge < -0.3 is 14.5 Å². The number of amides is 1. The van der Waals surface area contributed by atoms with E-state index in [0.29, 0.717) is 28.3 Å². The fourth-order valence-electron chi connectivity index (χ4n) is 3.47. The fraction of sp³-hybridized carbons (Fsp3) is 0.125. The zero-order valence-electron chi connectivity index (χ0n) is 17.8. The summed E-state index contributed by atoms with van der Waals surface area (Å²) in [5.41, 5.74) is 2.52. The van der Waals surface area contributed by atoms with Crippen LogP contribution in [0.1, 0.15) is 21.7 Å². The molecule has 1 aromatic heterocycles. The highest BCUT2D eigenvalue weighted by atomic mass is 32.2. The van der Waals surface area contributed by atoms with Gasteiger partial charge in [-0.25, -0.2) is 8.42 Å². The summed E-state index contributed by atoms with van der Waals surface area (Å²) >= 11 is 0. The van der Waals surface area contributed by atoms with E-state index < -0.39 is 15.9 Å². The maximum Gasteiger partial charge on any atom is 0.291 e.